The Kier molecular flexibility index (Phi) is 6.08. The molecule has 1 saturated heterocycles. The number of hydrogen-bond donors (Lipinski definition) is 0. The van der Waals surface area contributed by atoms with Gasteiger partial charge in [-0.3, -0.25) is 4.90 Å². The molecule has 8 heteroatoms. The monoisotopic (exact) mass is 452 g/mol. The van der Waals surface area contributed by atoms with Crippen molar-refractivity contribution < 1.29 is 12.9 Å². The Bertz CT molecular complexity index is 1150. The van der Waals surface area contributed by atoms with Gasteiger partial charge in [-0.15, -0.1) is 0 Å². The highest BCUT2D eigenvalue weighted by Gasteiger charge is 2.31. The molecule has 0 amide bonds. The molecule has 2 fully saturated rings. The normalized spacial score (nSPS) is 19.2. The summed E-state index contributed by atoms with van der Waals surface area (Å²) in [6, 6.07) is 17.0. The molecule has 0 bridgehead atoms. The highest BCUT2D eigenvalue weighted by Crippen LogP contribution is 2.28. The van der Waals surface area contributed by atoms with Gasteiger partial charge in [-0.1, -0.05) is 60.8 Å². The number of aromatic nitrogens is 2. The largest absolute Gasteiger partial charge is 0.334 e. The van der Waals surface area contributed by atoms with Crippen LogP contribution in [0.4, 0.5) is 0 Å². The van der Waals surface area contributed by atoms with Crippen molar-refractivity contribution >= 4 is 10.0 Å². The van der Waals surface area contributed by atoms with Gasteiger partial charge < -0.3 is 4.52 Å². The fraction of sp³-hybridized carbons (Fsp3) is 0.417. The van der Waals surface area contributed by atoms with Crippen LogP contribution in [-0.4, -0.2) is 60.0 Å². The Morgan fingerprint density at radius 2 is 1.56 bits per heavy atom. The minimum absolute atomic E-state index is 0.264. The quantitative estimate of drug-likeness (QED) is 0.581. The lowest BCUT2D eigenvalue weighted by Crippen LogP contribution is -2.52. The fourth-order valence-electron chi connectivity index (χ4n) is 4.74. The molecule has 5 rings (SSSR count). The molecule has 0 N–H and O–H groups in total. The first-order valence-electron chi connectivity index (χ1n) is 11.3. The topological polar surface area (TPSA) is 79.5 Å². The van der Waals surface area contributed by atoms with Gasteiger partial charge in [0.15, 0.2) is 0 Å². The van der Waals surface area contributed by atoms with E-state index in [4.69, 9.17) is 4.52 Å². The standard InChI is InChI=1S/C24H28N4O3S/c29-32(30,28-16-14-27(15-17-28)21-11-5-2-6-12-21)22-13-7-10-20(18-22)24-25-23(26-31-24)19-8-3-1-4-9-19/h1,3-4,7-10,13,18,21H,2,5-6,11-12,14-17H2. The summed E-state index contributed by atoms with van der Waals surface area (Å²) in [7, 11) is -3.58. The van der Waals surface area contributed by atoms with Crippen LogP contribution in [0.25, 0.3) is 22.8 Å². The van der Waals surface area contributed by atoms with Crippen molar-refractivity contribution in [2.75, 3.05) is 26.2 Å². The van der Waals surface area contributed by atoms with Crippen LogP contribution in [0.15, 0.2) is 64.0 Å². The highest BCUT2D eigenvalue weighted by molar-refractivity contribution is 7.89. The zero-order valence-corrected chi connectivity index (χ0v) is 18.9. The van der Waals surface area contributed by atoms with Crippen molar-refractivity contribution in [2.24, 2.45) is 0 Å². The van der Waals surface area contributed by atoms with E-state index in [-0.39, 0.29) is 4.90 Å². The zero-order valence-electron chi connectivity index (χ0n) is 18.1. The molecule has 2 aliphatic rings. The maximum absolute atomic E-state index is 13.3. The third-order valence-electron chi connectivity index (χ3n) is 6.54. The maximum atomic E-state index is 13.3. The number of nitrogens with zero attached hydrogens (tertiary/aromatic N) is 4. The molecule has 0 spiro atoms. The molecule has 3 aromatic rings. The molecular formula is C24H28N4O3S. The van der Waals surface area contributed by atoms with E-state index in [9.17, 15) is 8.42 Å². The van der Waals surface area contributed by atoms with Crippen molar-refractivity contribution in [1.29, 1.82) is 0 Å². The van der Waals surface area contributed by atoms with Crippen LogP contribution in [0.5, 0.6) is 0 Å². The average Bonchev–Trinajstić information content (AvgIpc) is 3.36. The van der Waals surface area contributed by atoms with Crippen molar-refractivity contribution in [3.05, 3.63) is 54.6 Å². The molecule has 1 aliphatic heterocycles. The Labute approximate surface area is 189 Å². The van der Waals surface area contributed by atoms with Crippen LogP contribution >= 0.6 is 0 Å². The van der Waals surface area contributed by atoms with Gasteiger partial charge >= 0.3 is 0 Å². The molecule has 0 atom stereocenters. The van der Waals surface area contributed by atoms with E-state index in [2.05, 4.69) is 15.0 Å². The van der Waals surface area contributed by atoms with E-state index in [1.165, 1.54) is 32.1 Å². The summed E-state index contributed by atoms with van der Waals surface area (Å²) in [4.78, 5) is 7.20. The van der Waals surface area contributed by atoms with E-state index in [1.807, 2.05) is 30.3 Å². The van der Waals surface area contributed by atoms with Crippen LogP contribution in [0.3, 0.4) is 0 Å². The van der Waals surface area contributed by atoms with Gasteiger partial charge in [0.25, 0.3) is 5.89 Å². The Balaban J connectivity index is 1.31. The molecule has 1 aromatic heterocycles. The molecule has 168 valence electrons. The van der Waals surface area contributed by atoms with E-state index in [0.29, 0.717) is 36.4 Å². The SMILES string of the molecule is O=S(=O)(c1cccc(-c2nc(-c3ccccc3)no2)c1)N1CCN(C2CCCCC2)CC1. The lowest BCUT2D eigenvalue weighted by Gasteiger charge is -2.40. The zero-order chi connectivity index (χ0) is 22.0. The van der Waals surface area contributed by atoms with E-state index in [1.54, 1.807) is 28.6 Å². The lowest BCUT2D eigenvalue weighted by atomic mass is 9.94. The Morgan fingerprint density at radius 1 is 0.844 bits per heavy atom. The lowest BCUT2D eigenvalue weighted by molar-refractivity contribution is 0.111. The molecule has 2 aromatic carbocycles. The van der Waals surface area contributed by atoms with Crippen molar-refractivity contribution in [2.45, 2.75) is 43.0 Å². The first-order chi connectivity index (χ1) is 15.6. The van der Waals surface area contributed by atoms with Gasteiger partial charge in [0.05, 0.1) is 4.90 Å². The molecule has 0 unspecified atom stereocenters. The summed E-state index contributed by atoms with van der Waals surface area (Å²) in [5.41, 5.74) is 1.45. The summed E-state index contributed by atoms with van der Waals surface area (Å²) in [6.45, 7) is 2.66. The minimum atomic E-state index is -3.58. The first kappa shape index (κ1) is 21.3. The van der Waals surface area contributed by atoms with Crippen LogP contribution < -0.4 is 0 Å². The molecule has 0 radical (unpaired) electrons. The highest BCUT2D eigenvalue weighted by atomic mass is 32.2. The third kappa shape index (κ3) is 4.35. The van der Waals surface area contributed by atoms with Crippen molar-refractivity contribution in [3.63, 3.8) is 0 Å². The van der Waals surface area contributed by atoms with Gasteiger partial charge in [0, 0.05) is 43.3 Å². The number of benzene rings is 2. The summed E-state index contributed by atoms with van der Waals surface area (Å²) in [6.07, 6.45) is 6.39. The summed E-state index contributed by atoms with van der Waals surface area (Å²) in [5.74, 6) is 0.788. The van der Waals surface area contributed by atoms with Crippen LogP contribution in [0.2, 0.25) is 0 Å². The third-order valence-corrected chi connectivity index (χ3v) is 8.44. The predicted octanol–water partition coefficient (Wildman–Crippen LogP) is 4.04. The van der Waals surface area contributed by atoms with Gasteiger partial charge in [0.2, 0.25) is 15.8 Å². The molecule has 1 aliphatic carbocycles. The van der Waals surface area contributed by atoms with Gasteiger partial charge in [-0.05, 0) is 31.0 Å². The van der Waals surface area contributed by atoms with E-state index < -0.39 is 10.0 Å². The second-order valence-electron chi connectivity index (χ2n) is 8.55. The van der Waals surface area contributed by atoms with E-state index >= 15 is 0 Å². The van der Waals surface area contributed by atoms with Crippen LogP contribution in [-0.2, 0) is 10.0 Å². The number of rotatable bonds is 5. The Morgan fingerprint density at radius 3 is 2.31 bits per heavy atom. The second-order valence-corrected chi connectivity index (χ2v) is 10.5. The number of piperazine rings is 1. The minimum Gasteiger partial charge on any atom is -0.334 e. The molecule has 2 heterocycles. The predicted molar refractivity (Wildman–Crippen MR) is 122 cm³/mol. The van der Waals surface area contributed by atoms with Gasteiger partial charge in [0.1, 0.15) is 0 Å². The maximum Gasteiger partial charge on any atom is 0.258 e. The smallest absolute Gasteiger partial charge is 0.258 e. The summed E-state index contributed by atoms with van der Waals surface area (Å²) < 4.78 is 33.7. The summed E-state index contributed by atoms with van der Waals surface area (Å²) in [5, 5.41) is 4.05. The molecular weight excluding hydrogens is 424 g/mol. The van der Waals surface area contributed by atoms with Crippen LogP contribution in [0.1, 0.15) is 32.1 Å². The van der Waals surface area contributed by atoms with Crippen LogP contribution in [0, 0.1) is 0 Å². The Hall–Kier alpha value is -2.55. The van der Waals surface area contributed by atoms with Gasteiger partial charge in [-0.25, -0.2) is 8.42 Å². The average molecular weight is 453 g/mol. The molecule has 7 nitrogen and oxygen atoms in total. The number of sulfonamides is 1. The number of hydrogen-bond acceptors (Lipinski definition) is 6. The first-order valence-corrected chi connectivity index (χ1v) is 12.8. The second kappa shape index (κ2) is 9.13. The fourth-order valence-corrected chi connectivity index (χ4v) is 6.21. The van der Waals surface area contributed by atoms with Crippen molar-refractivity contribution in [1.82, 2.24) is 19.3 Å². The van der Waals surface area contributed by atoms with E-state index in [0.717, 1.165) is 18.7 Å². The van der Waals surface area contributed by atoms with Gasteiger partial charge in [-0.2, -0.15) is 9.29 Å². The molecule has 1 saturated carbocycles. The van der Waals surface area contributed by atoms with Crippen molar-refractivity contribution in [3.8, 4) is 22.8 Å². The summed E-state index contributed by atoms with van der Waals surface area (Å²) >= 11 is 0. The molecule has 32 heavy (non-hydrogen) atoms.